The van der Waals surface area contributed by atoms with Crippen LogP contribution in [0.4, 0.5) is 0 Å². The number of methoxy groups -OCH3 is 1. The fourth-order valence-corrected chi connectivity index (χ4v) is 4.13. The zero-order valence-corrected chi connectivity index (χ0v) is 12.5. The normalized spacial score (nSPS) is 46.5. The number of rotatable bonds is 5. The van der Waals surface area contributed by atoms with Crippen molar-refractivity contribution in [2.75, 3.05) is 26.7 Å². The van der Waals surface area contributed by atoms with Crippen LogP contribution in [0.15, 0.2) is 12.2 Å². The smallest absolute Gasteiger partial charge is 0.183 e. The van der Waals surface area contributed by atoms with Crippen LogP contribution < -0.4 is 0 Å². The Morgan fingerprint density at radius 2 is 2.15 bits per heavy atom. The Kier molecular flexibility index (Phi) is 3.67. The number of fused-ring (bicyclic) bond motifs is 1. The molecule has 4 bridgehead atoms. The Hall–Kier alpha value is -0.460. The standard InChI is InChI=1S/C15H25NO4/c1-5-16(6-2)8-15-11(17)7-10-9(3)13(20-15)19-14(18-4)12(10)15/h10-14,17H,3,5-8H2,1-2,4H3/t10?,11-,12?,13?,14?,15?/m1/s1. The van der Waals surface area contributed by atoms with Crippen LogP contribution in [-0.2, 0) is 14.2 Å². The first kappa shape index (κ1) is 14.5. The zero-order valence-electron chi connectivity index (χ0n) is 12.5. The van der Waals surface area contributed by atoms with Crippen LogP contribution in [0.2, 0.25) is 0 Å². The average molecular weight is 283 g/mol. The number of ether oxygens (including phenoxy) is 3. The Balaban J connectivity index is 1.94. The lowest BCUT2D eigenvalue weighted by Gasteiger charge is -2.54. The predicted molar refractivity (Wildman–Crippen MR) is 74.0 cm³/mol. The van der Waals surface area contributed by atoms with Crippen LogP contribution in [-0.4, -0.2) is 61.0 Å². The molecule has 0 aromatic carbocycles. The summed E-state index contributed by atoms with van der Waals surface area (Å²) in [6.07, 6.45) is -0.536. The summed E-state index contributed by atoms with van der Waals surface area (Å²) in [5.41, 5.74) is 0.372. The lowest BCUT2D eigenvalue weighted by molar-refractivity contribution is -0.375. The Labute approximate surface area is 120 Å². The summed E-state index contributed by atoms with van der Waals surface area (Å²) in [4.78, 5) is 2.29. The topological polar surface area (TPSA) is 51.2 Å². The highest BCUT2D eigenvalue weighted by Crippen LogP contribution is 2.58. The number of hydrogen-bond acceptors (Lipinski definition) is 5. The SMILES string of the molecule is C=C1C2OC(OC)C3C1C[C@@H](O)C3(CN(CC)CC)O2. The first-order valence-corrected chi connectivity index (χ1v) is 7.52. The molecule has 0 spiro atoms. The number of hydrogen-bond donors (Lipinski definition) is 1. The van der Waals surface area contributed by atoms with Gasteiger partial charge in [0, 0.05) is 19.6 Å². The second-order valence-electron chi connectivity index (χ2n) is 6.06. The van der Waals surface area contributed by atoms with Crippen LogP contribution in [0.25, 0.3) is 0 Å². The van der Waals surface area contributed by atoms with E-state index in [1.54, 1.807) is 7.11 Å². The molecule has 5 unspecified atom stereocenters. The molecule has 0 amide bonds. The second-order valence-corrected chi connectivity index (χ2v) is 6.06. The maximum atomic E-state index is 10.6. The van der Waals surface area contributed by atoms with Crippen molar-refractivity contribution in [3.8, 4) is 0 Å². The maximum absolute atomic E-state index is 10.6. The second kappa shape index (κ2) is 5.07. The highest BCUT2D eigenvalue weighted by atomic mass is 16.8. The molecule has 5 heteroatoms. The summed E-state index contributed by atoms with van der Waals surface area (Å²) < 4.78 is 17.4. The average Bonchev–Trinajstić information content (AvgIpc) is 2.71. The molecular weight excluding hydrogens is 258 g/mol. The molecule has 0 aromatic rings. The van der Waals surface area contributed by atoms with Gasteiger partial charge in [-0.05, 0) is 31.0 Å². The van der Waals surface area contributed by atoms with Gasteiger partial charge >= 0.3 is 0 Å². The molecule has 20 heavy (non-hydrogen) atoms. The van der Waals surface area contributed by atoms with Crippen LogP contribution >= 0.6 is 0 Å². The van der Waals surface area contributed by atoms with Gasteiger partial charge in [-0.25, -0.2) is 0 Å². The molecule has 4 aliphatic rings. The minimum atomic E-state index is -0.582. The van der Waals surface area contributed by atoms with Crippen molar-refractivity contribution in [3.63, 3.8) is 0 Å². The highest BCUT2D eigenvalue weighted by molar-refractivity contribution is 5.25. The van der Waals surface area contributed by atoms with Gasteiger partial charge in [0.15, 0.2) is 12.6 Å². The molecule has 1 saturated carbocycles. The summed E-state index contributed by atoms with van der Waals surface area (Å²) in [5.74, 6) is 0.263. The van der Waals surface area contributed by atoms with E-state index in [0.717, 1.165) is 25.2 Å². The van der Waals surface area contributed by atoms with Crippen LogP contribution in [0.1, 0.15) is 20.3 Å². The van der Waals surface area contributed by atoms with Gasteiger partial charge in [-0.2, -0.15) is 0 Å². The van der Waals surface area contributed by atoms with Gasteiger partial charge in [0.25, 0.3) is 0 Å². The molecule has 0 aromatic heterocycles. The van der Waals surface area contributed by atoms with E-state index in [2.05, 4.69) is 25.3 Å². The van der Waals surface area contributed by atoms with Gasteiger partial charge in [0.05, 0.1) is 6.10 Å². The molecule has 6 atom stereocenters. The van der Waals surface area contributed by atoms with Gasteiger partial charge in [0.1, 0.15) is 5.60 Å². The molecule has 1 aliphatic carbocycles. The predicted octanol–water partition coefficient (Wildman–Crippen LogP) is 0.979. The van der Waals surface area contributed by atoms with Crippen molar-refractivity contribution in [1.29, 1.82) is 0 Å². The molecule has 4 rings (SSSR count). The van der Waals surface area contributed by atoms with E-state index in [-0.39, 0.29) is 18.1 Å². The van der Waals surface area contributed by atoms with Crippen molar-refractivity contribution < 1.29 is 19.3 Å². The molecular formula is C15H25NO4. The van der Waals surface area contributed by atoms with Crippen molar-refractivity contribution in [2.45, 2.75) is 44.6 Å². The van der Waals surface area contributed by atoms with Crippen molar-refractivity contribution >= 4 is 0 Å². The first-order valence-electron chi connectivity index (χ1n) is 7.52. The van der Waals surface area contributed by atoms with Crippen molar-refractivity contribution in [3.05, 3.63) is 12.2 Å². The summed E-state index contributed by atoms with van der Waals surface area (Å²) >= 11 is 0. The van der Waals surface area contributed by atoms with E-state index in [0.29, 0.717) is 6.42 Å². The molecule has 3 aliphatic heterocycles. The van der Waals surface area contributed by atoms with Gasteiger partial charge < -0.3 is 24.2 Å². The van der Waals surface area contributed by atoms with Gasteiger partial charge in [0.2, 0.25) is 0 Å². The fraction of sp³-hybridized carbons (Fsp3) is 0.867. The molecule has 0 radical (unpaired) electrons. The molecule has 114 valence electrons. The van der Waals surface area contributed by atoms with E-state index >= 15 is 0 Å². The number of aliphatic hydroxyl groups is 1. The third kappa shape index (κ3) is 1.81. The van der Waals surface area contributed by atoms with E-state index in [4.69, 9.17) is 14.2 Å². The minimum absolute atomic E-state index is 0.0283. The van der Waals surface area contributed by atoms with Gasteiger partial charge in [-0.15, -0.1) is 0 Å². The Morgan fingerprint density at radius 1 is 1.45 bits per heavy atom. The summed E-state index contributed by atoms with van der Waals surface area (Å²) in [5, 5.41) is 10.6. The van der Waals surface area contributed by atoms with Crippen molar-refractivity contribution in [2.24, 2.45) is 11.8 Å². The Morgan fingerprint density at radius 3 is 2.75 bits per heavy atom. The molecule has 4 fully saturated rings. The summed E-state index contributed by atoms with van der Waals surface area (Å²) in [7, 11) is 1.66. The van der Waals surface area contributed by atoms with Gasteiger partial charge in [-0.1, -0.05) is 20.4 Å². The van der Waals surface area contributed by atoms with Crippen LogP contribution in [0.5, 0.6) is 0 Å². The van der Waals surface area contributed by atoms with E-state index in [1.165, 1.54) is 0 Å². The molecule has 3 saturated heterocycles. The monoisotopic (exact) mass is 283 g/mol. The summed E-state index contributed by atoms with van der Waals surface area (Å²) in [6.45, 7) is 11.0. The largest absolute Gasteiger partial charge is 0.390 e. The third-order valence-corrected chi connectivity index (χ3v) is 5.29. The number of aliphatic hydroxyl groups excluding tert-OH is 1. The summed E-state index contributed by atoms with van der Waals surface area (Å²) in [6, 6.07) is 0. The quantitative estimate of drug-likeness (QED) is 0.762. The lowest BCUT2D eigenvalue weighted by atomic mass is 9.76. The van der Waals surface area contributed by atoms with Crippen molar-refractivity contribution in [1.82, 2.24) is 4.90 Å². The maximum Gasteiger partial charge on any atom is 0.183 e. The molecule has 5 nitrogen and oxygen atoms in total. The lowest BCUT2D eigenvalue weighted by Crippen LogP contribution is -2.66. The van der Waals surface area contributed by atoms with E-state index in [1.807, 2.05) is 0 Å². The van der Waals surface area contributed by atoms with Crippen LogP contribution in [0, 0.1) is 11.8 Å². The molecule has 1 N–H and O–H groups in total. The zero-order chi connectivity index (χ0) is 14.5. The fourth-order valence-electron chi connectivity index (χ4n) is 4.13. The number of likely N-dealkylation sites (N-methyl/N-ethyl adjacent to an activating group) is 1. The Bertz CT molecular complexity index is 397. The highest BCUT2D eigenvalue weighted by Gasteiger charge is 2.68. The van der Waals surface area contributed by atoms with Gasteiger partial charge in [-0.3, -0.25) is 0 Å². The molecule has 3 heterocycles. The van der Waals surface area contributed by atoms with Crippen LogP contribution in [0.3, 0.4) is 0 Å². The first-order chi connectivity index (χ1) is 9.57. The minimum Gasteiger partial charge on any atom is -0.390 e. The number of nitrogens with zero attached hydrogens (tertiary/aromatic N) is 1. The third-order valence-electron chi connectivity index (χ3n) is 5.29. The van der Waals surface area contributed by atoms with E-state index < -0.39 is 18.0 Å². The van der Waals surface area contributed by atoms with E-state index in [9.17, 15) is 5.11 Å².